The highest BCUT2D eigenvalue weighted by atomic mass is 16.2. The second kappa shape index (κ2) is 6.89. The predicted octanol–water partition coefficient (Wildman–Crippen LogP) is 1.36. The first kappa shape index (κ1) is 13.5. The van der Waals surface area contributed by atoms with Crippen LogP contribution in [0, 0.1) is 0 Å². The number of H-pyrrole nitrogens is 1. The smallest absolute Gasteiger partial charge is 0.226 e. The molecule has 0 saturated heterocycles. The molecule has 0 radical (unpaired) electrons. The lowest BCUT2D eigenvalue weighted by Crippen LogP contribution is -2.09. The van der Waals surface area contributed by atoms with Crippen LogP contribution in [-0.2, 0) is 0 Å². The van der Waals surface area contributed by atoms with Crippen molar-refractivity contribution in [2.24, 2.45) is 0 Å². The van der Waals surface area contributed by atoms with Crippen LogP contribution >= 0.6 is 0 Å². The van der Waals surface area contributed by atoms with Gasteiger partial charge in [0.25, 0.3) is 0 Å². The molecule has 7 nitrogen and oxygen atoms in total. The van der Waals surface area contributed by atoms with Crippen molar-refractivity contribution in [1.82, 2.24) is 20.2 Å². The molecule has 0 atom stereocenters. The van der Waals surface area contributed by atoms with E-state index in [1.54, 1.807) is 6.20 Å². The summed E-state index contributed by atoms with van der Waals surface area (Å²) in [6.07, 6.45) is 4.42. The van der Waals surface area contributed by atoms with Gasteiger partial charge < -0.3 is 15.7 Å². The summed E-state index contributed by atoms with van der Waals surface area (Å²) in [5, 5.41) is 22.9. The number of nitrogens with zero attached hydrogens (tertiary/aromatic N) is 3. The number of hydrogen-bond acceptors (Lipinski definition) is 6. The Hall–Kier alpha value is -1.89. The van der Waals surface area contributed by atoms with Crippen molar-refractivity contribution in [3.63, 3.8) is 0 Å². The Morgan fingerprint density at radius 3 is 2.89 bits per heavy atom. The number of unbranched alkanes of at least 4 members (excludes halogenated alkanes) is 1. The van der Waals surface area contributed by atoms with E-state index in [-0.39, 0.29) is 6.61 Å². The topological polar surface area (TPSA) is 98.8 Å². The van der Waals surface area contributed by atoms with E-state index < -0.39 is 0 Å². The Morgan fingerprint density at radius 2 is 2.11 bits per heavy atom. The van der Waals surface area contributed by atoms with Gasteiger partial charge in [-0.05, 0) is 19.3 Å². The van der Waals surface area contributed by atoms with Gasteiger partial charge in [0, 0.05) is 19.7 Å². The maximum atomic E-state index is 8.76. The minimum absolute atomic E-state index is 0.218. The molecular formula is C12H20N6O. The van der Waals surface area contributed by atoms with Crippen LogP contribution in [-0.4, -0.2) is 45.0 Å². The first-order valence-electron chi connectivity index (χ1n) is 6.65. The van der Waals surface area contributed by atoms with Crippen molar-refractivity contribution in [1.29, 1.82) is 0 Å². The van der Waals surface area contributed by atoms with Crippen LogP contribution in [0.2, 0.25) is 0 Å². The van der Waals surface area contributed by atoms with Gasteiger partial charge in [-0.1, -0.05) is 6.92 Å². The maximum absolute atomic E-state index is 8.76. The zero-order valence-electron chi connectivity index (χ0n) is 11.1. The highest BCUT2D eigenvalue weighted by Gasteiger charge is 2.08. The molecule has 104 valence electrons. The van der Waals surface area contributed by atoms with Gasteiger partial charge in [0.15, 0.2) is 5.65 Å². The Labute approximate surface area is 111 Å². The minimum Gasteiger partial charge on any atom is -0.396 e. The molecule has 7 heteroatoms. The van der Waals surface area contributed by atoms with Gasteiger partial charge in [-0.2, -0.15) is 15.1 Å². The van der Waals surface area contributed by atoms with Gasteiger partial charge in [-0.25, -0.2) is 0 Å². The fourth-order valence-electron chi connectivity index (χ4n) is 1.73. The third kappa shape index (κ3) is 3.54. The first-order chi connectivity index (χ1) is 9.35. The van der Waals surface area contributed by atoms with Gasteiger partial charge in [-0.15, -0.1) is 0 Å². The number of aromatic nitrogens is 4. The van der Waals surface area contributed by atoms with Crippen molar-refractivity contribution in [2.45, 2.75) is 26.2 Å². The summed E-state index contributed by atoms with van der Waals surface area (Å²) in [6, 6.07) is 0. The predicted molar refractivity (Wildman–Crippen MR) is 75.3 cm³/mol. The molecular weight excluding hydrogens is 244 g/mol. The standard InChI is InChI=1S/C12H20N6O/c1-2-5-14-12-16-10(13-6-3-4-7-19)9-8-15-18-11(9)17-12/h8,19H,2-7H2,1H3,(H3,13,14,15,16,17,18). The Balaban J connectivity index is 2.12. The summed E-state index contributed by atoms with van der Waals surface area (Å²) < 4.78 is 0. The highest BCUT2D eigenvalue weighted by molar-refractivity contribution is 5.86. The Bertz CT molecular complexity index is 512. The van der Waals surface area contributed by atoms with E-state index in [1.165, 1.54) is 0 Å². The Morgan fingerprint density at radius 1 is 1.21 bits per heavy atom. The largest absolute Gasteiger partial charge is 0.396 e. The van der Waals surface area contributed by atoms with Crippen LogP contribution in [0.4, 0.5) is 11.8 Å². The summed E-state index contributed by atoms with van der Waals surface area (Å²) in [5.41, 5.74) is 0.721. The second-order valence-corrected chi connectivity index (χ2v) is 4.31. The van der Waals surface area contributed by atoms with Crippen LogP contribution in [0.15, 0.2) is 6.20 Å². The molecule has 0 bridgehead atoms. The molecule has 2 rings (SSSR count). The molecule has 2 heterocycles. The molecule has 2 aromatic heterocycles. The van der Waals surface area contributed by atoms with Crippen LogP contribution < -0.4 is 10.6 Å². The zero-order valence-corrected chi connectivity index (χ0v) is 11.1. The summed E-state index contributed by atoms with van der Waals surface area (Å²) in [6.45, 7) is 3.92. The number of anilines is 2. The highest BCUT2D eigenvalue weighted by Crippen LogP contribution is 2.19. The molecule has 0 aliphatic heterocycles. The lowest BCUT2D eigenvalue weighted by molar-refractivity contribution is 0.286. The number of aliphatic hydroxyl groups excluding tert-OH is 1. The molecule has 2 aromatic rings. The summed E-state index contributed by atoms with van der Waals surface area (Å²) in [5.74, 6) is 1.37. The van der Waals surface area contributed by atoms with Crippen LogP contribution in [0.1, 0.15) is 26.2 Å². The summed E-state index contributed by atoms with van der Waals surface area (Å²) in [4.78, 5) is 8.81. The summed E-state index contributed by atoms with van der Waals surface area (Å²) >= 11 is 0. The van der Waals surface area contributed by atoms with Crippen molar-refractivity contribution in [3.05, 3.63) is 6.20 Å². The minimum atomic E-state index is 0.218. The fraction of sp³-hybridized carbons (Fsp3) is 0.583. The molecule has 0 aromatic carbocycles. The van der Waals surface area contributed by atoms with Gasteiger partial charge >= 0.3 is 0 Å². The first-order valence-corrected chi connectivity index (χ1v) is 6.65. The van der Waals surface area contributed by atoms with E-state index in [2.05, 4.69) is 37.7 Å². The van der Waals surface area contributed by atoms with E-state index >= 15 is 0 Å². The molecule has 0 amide bonds. The van der Waals surface area contributed by atoms with Crippen molar-refractivity contribution < 1.29 is 5.11 Å². The maximum Gasteiger partial charge on any atom is 0.226 e. The lowest BCUT2D eigenvalue weighted by atomic mass is 10.3. The number of hydrogen-bond donors (Lipinski definition) is 4. The van der Waals surface area contributed by atoms with E-state index in [1.807, 2.05) is 0 Å². The summed E-state index contributed by atoms with van der Waals surface area (Å²) in [7, 11) is 0. The van der Waals surface area contributed by atoms with Gasteiger partial charge in [0.05, 0.1) is 11.6 Å². The van der Waals surface area contributed by atoms with Gasteiger partial charge in [0.1, 0.15) is 5.82 Å². The molecule has 0 saturated carbocycles. The monoisotopic (exact) mass is 264 g/mol. The van der Waals surface area contributed by atoms with Crippen LogP contribution in [0.5, 0.6) is 0 Å². The average Bonchev–Trinajstić information content (AvgIpc) is 2.89. The fourth-order valence-corrected chi connectivity index (χ4v) is 1.73. The molecule has 0 unspecified atom stereocenters. The quantitative estimate of drug-likeness (QED) is 0.537. The molecule has 0 fully saturated rings. The third-order valence-electron chi connectivity index (χ3n) is 2.72. The molecule has 0 spiro atoms. The van der Waals surface area contributed by atoms with E-state index in [4.69, 9.17) is 5.11 Å². The normalized spacial score (nSPS) is 10.8. The van der Waals surface area contributed by atoms with Crippen molar-refractivity contribution >= 4 is 22.8 Å². The number of aliphatic hydroxyl groups is 1. The molecule has 19 heavy (non-hydrogen) atoms. The second-order valence-electron chi connectivity index (χ2n) is 4.31. The Kier molecular flexibility index (Phi) is 4.91. The molecule has 4 N–H and O–H groups in total. The number of fused-ring (bicyclic) bond motifs is 1. The van der Waals surface area contributed by atoms with E-state index in [9.17, 15) is 0 Å². The van der Waals surface area contributed by atoms with E-state index in [0.29, 0.717) is 5.95 Å². The van der Waals surface area contributed by atoms with Crippen LogP contribution in [0.3, 0.4) is 0 Å². The van der Waals surface area contributed by atoms with Crippen molar-refractivity contribution in [3.8, 4) is 0 Å². The average molecular weight is 264 g/mol. The van der Waals surface area contributed by atoms with Crippen molar-refractivity contribution in [2.75, 3.05) is 30.3 Å². The lowest BCUT2D eigenvalue weighted by Gasteiger charge is -2.09. The van der Waals surface area contributed by atoms with Gasteiger partial charge in [0.2, 0.25) is 5.95 Å². The number of aromatic amines is 1. The number of rotatable bonds is 8. The SMILES string of the molecule is CCCNc1nc(NCCCCO)c2cn[nH]c2n1. The van der Waals surface area contributed by atoms with Gasteiger partial charge in [-0.3, -0.25) is 5.10 Å². The van der Waals surface area contributed by atoms with E-state index in [0.717, 1.165) is 49.2 Å². The molecule has 0 aliphatic carbocycles. The third-order valence-corrected chi connectivity index (χ3v) is 2.72. The molecule has 0 aliphatic rings. The number of nitrogens with one attached hydrogen (secondary N) is 3. The van der Waals surface area contributed by atoms with Crippen LogP contribution in [0.25, 0.3) is 11.0 Å². The zero-order chi connectivity index (χ0) is 13.5.